The molecule has 0 aliphatic heterocycles. The minimum Gasteiger partial charge on any atom is -0.550 e. The second-order valence-corrected chi connectivity index (χ2v) is 7.70. The van der Waals surface area contributed by atoms with Gasteiger partial charge in [0.1, 0.15) is 0 Å². The maximum atomic E-state index is 10.3. The van der Waals surface area contributed by atoms with Crippen LogP contribution in [0.3, 0.4) is 0 Å². The third-order valence-corrected chi connectivity index (χ3v) is 5.20. The Labute approximate surface area is 219 Å². The average molecular weight is 605 g/mol. The molecule has 0 rings (SSSR count). The number of carboxylic acids is 3. The monoisotopic (exact) mass is 604 g/mol. The summed E-state index contributed by atoms with van der Waals surface area (Å²) in [6.45, 7) is 11.8. The third kappa shape index (κ3) is 25.8. The van der Waals surface area contributed by atoms with Crippen LogP contribution in [0, 0.1) is 54.6 Å². The van der Waals surface area contributed by atoms with Gasteiger partial charge >= 0.3 is 36.9 Å². The van der Waals surface area contributed by atoms with Gasteiger partial charge in [-0.25, -0.2) is 0 Å². The van der Waals surface area contributed by atoms with Crippen molar-refractivity contribution in [2.24, 2.45) is 17.8 Å². The molecule has 0 aliphatic rings. The minimum absolute atomic E-state index is 0. The van der Waals surface area contributed by atoms with E-state index in [1.54, 1.807) is 0 Å². The number of hydrogen-bond acceptors (Lipinski definition) is 6. The van der Waals surface area contributed by atoms with Gasteiger partial charge in [-0.05, 0) is 56.3 Å². The molecule has 3 unspecified atom stereocenters. The zero-order chi connectivity index (χ0) is 23.9. The first-order valence-corrected chi connectivity index (χ1v) is 11.8. The first kappa shape index (κ1) is 37.9. The van der Waals surface area contributed by atoms with Gasteiger partial charge in [-0.2, -0.15) is 0 Å². The van der Waals surface area contributed by atoms with Crippen LogP contribution in [-0.4, -0.2) is 17.9 Å². The van der Waals surface area contributed by atoms with E-state index >= 15 is 0 Å². The molecule has 0 amide bonds. The van der Waals surface area contributed by atoms with Crippen molar-refractivity contribution in [3.63, 3.8) is 0 Å². The first-order valence-electron chi connectivity index (χ1n) is 11.8. The van der Waals surface area contributed by atoms with Gasteiger partial charge < -0.3 is 29.7 Å². The first-order chi connectivity index (χ1) is 14.2. The molecule has 0 aromatic rings. The summed E-state index contributed by atoms with van der Waals surface area (Å²) in [4.78, 5) is 31.0. The maximum absolute atomic E-state index is 10.3. The Morgan fingerprint density at radius 3 is 0.806 bits per heavy atom. The Balaban J connectivity index is -0.000000174. The van der Waals surface area contributed by atoms with Crippen molar-refractivity contribution in [3.8, 4) is 0 Å². The summed E-state index contributed by atoms with van der Waals surface area (Å²) in [6, 6.07) is 0. The van der Waals surface area contributed by atoms with E-state index in [4.69, 9.17) is 0 Å². The van der Waals surface area contributed by atoms with Crippen molar-refractivity contribution in [1.82, 2.24) is 0 Å². The number of carboxylic acid groups (broad SMARTS) is 3. The second kappa shape index (κ2) is 27.7. The van der Waals surface area contributed by atoms with Crippen LogP contribution in [0.4, 0.5) is 0 Å². The number of rotatable bonds is 15. The van der Waals surface area contributed by atoms with Gasteiger partial charge in [0.25, 0.3) is 0 Å². The molecule has 0 aromatic heterocycles. The SMILES string of the molecule is CCCCC(CC)C(=O)[O-].CCCCC(CC)C(=O)[O-].CCCCC(CC)C(=O)[O-].[Lu+3]. The summed E-state index contributed by atoms with van der Waals surface area (Å²) < 4.78 is 0. The minimum atomic E-state index is -0.893. The summed E-state index contributed by atoms with van der Waals surface area (Å²) in [5, 5.41) is 31.0. The van der Waals surface area contributed by atoms with Crippen molar-refractivity contribution in [2.45, 2.75) is 119 Å². The van der Waals surface area contributed by atoms with Crippen LogP contribution in [0.15, 0.2) is 0 Å². The molecule has 6 nitrogen and oxygen atoms in total. The Kier molecular flexibility index (Phi) is 33.9. The number of carbonyl (C=O) groups is 3. The standard InChI is InChI=1S/3C8H16O2.Lu/c3*1-3-5-6-7(4-2)8(9)10;/h3*7H,3-6H2,1-2H3,(H,9,10);/q;;;+3/p-3. The molecular formula is C24H45LuO6. The fourth-order valence-corrected chi connectivity index (χ4v) is 2.82. The van der Waals surface area contributed by atoms with Gasteiger partial charge in [0, 0.05) is 17.9 Å². The predicted molar refractivity (Wildman–Crippen MR) is 115 cm³/mol. The Morgan fingerprint density at radius 2 is 0.710 bits per heavy atom. The molecule has 192 valence electrons. The summed E-state index contributed by atoms with van der Waals surface area (Å²) in [7, 11) is 0. The number of unbranched alkanes of at least 4 members (excludes halogenated alkanes) is 3. The average Bonchev–Trinajstić information content (AvgIpc) is 2.70. The van der Waals surface area contributed by atoms with Crippen LogP contribution in [0.5, 0.6) is 0 Å². The molecule has 0 aromatic carbocycles. The molecular weight excluding hydrogens is 559 g/mol. The zero-order valence-electron chi connectivity index (χ0n) is 20.4. The van der Waals surface area contributed by atoms with Gasteiger partial charge in [-0.1, -0.05) is 80.1 Å². The van der Waals surface area contributed by atoms with E-state index in [0.29, 0.717) is 19.3 Å². The van der Waals surface area contributed by atoms with Crippen LogP contribution >= 0.6 is 0 Å². The largest absolute Gasteiger partial charge is 3.00 e. The molecule has 0 N–H and O–H groups in total. The van der Waals surface area contributed by atoms with Gasteiger partial charge in [0.15, 0.2) is 0 Å². The smallest absolute Gasteiger partial charge is 0.550 e. The fraction of sp³-hybridized carbons (Fsp3) is 0.875. The summed E-state index contributed by atoms with van der Waals surface area (Å²) in [6.07, 6.45) is 10.6. The summed E-state index contributed by atoms with van der Waals surface area (Å²) >= 11 is 0. The second-order valence-electron chi connectivity index (χ2n) is 7.70. The topological polar surface area (TPSA) is 120 Å². The van der Waals surface area contributed by atoms with Crippen molar-refractivity contribution in [1.29, 1.82) is 0 Å². The number of hydrogen-bond donors (Lipinski definition) is 0. The predicted octanol–water partition coefficient (Wildman–Crippen LogP) is 2.86. The van der Waals surface area contributed by atoms with Crippen LogP contribution in [0.2, 0.25) is 0 Å². The summed E-state index contributed by atoms with van der Waals surface area (Å²) in [5.74, 6) is -3.34. The molecule has 3 atom stereocenters. The molecule has 0 heterocycles. The molecule has 0 spiro atoms. The molecule has 31 heavy (non-hydrogen) atoms. The van der Waals surface area contributed by atoms with E-state index in [0.717, 1.165) is 57.8 Å². The molecule has 0 aliphatic carbocycles. The molecule has 0 radical (unpaired) electrons. The van der Waals surface area contributed by atoms with Gasteiger partial charge in [-0.15, -0.1) is 0 Å². The van der Waals surface area contributed by atoms with Gasteiger partial charge in [0.05, 0.1) is 0 Å². The quantitative estimate of drug-likeness (QED) is 0.284. The van der Waals surface area contributed by atoms with Crippen LogP contribution in [0.1, 0.15) is 119 Å². The molecule has 0 fully saturated rings. The van der Waals surface area contributed by atoms with E-state index in [-0.39, 0.29) is 54.6 Å². The molecule has 7 heteroatoms. The third-order valence-electron chi connectivity index (χ3n) is 5.20. The molecule has 0 saturated carbocycles. The Morgan fingerprint density at radius 1 is 0.516 bits per heavy atom. The maximum Gasteiger partial charge on any atom is 3.00 e. The molecule has 0 saturated heterocycles. The van der Waals surface area contributed by atoms with Crippen molar-refractivity contribution in [2.75, 3.05) is 0 Å². The Hall–Kier alpha value is -0.356. The number of carbonyl (C=O) groups excluding carboxylic acids is 3. The zero-order valence-corrected chi connectivity index (χ0v) is 22.1. The molecule has 0 bridgehead atoms. The van der Waals surface area contributed by atoms with Crippen LogP contribution < -0.4 is 15.3 Å². The van der Waals surface area contributed by atoms with E-state index in [2.05, 4.69) is 20.8 Å². The van der Waals surface area contributed by atoms with Gasteiger partial charge in [-0.3, -0.25) is 0 Å². The van der Waals surface area contributed by atoms with E-state index in [9.17, 15) is 29.7 Å². The van der Waals surface area contributed by atoms with Crippen LogP contribution in [0.25, 0.3) is 0 Å². The van der Waals surface area contributed by atoms with Gasteiger partial charge in [0.2, 0.25) is 0 Å². The van der Waals surface area contributed by atoms with E-state index in [1.165, 1.54) is 0 Å². The number of aliphatic carboxylic acids is 3. The van der Waals surface area contributed by atoms with E-state index in [1.807, 2.05) is 20.8 Å². The van der Waals surface area contributed by atoms with Crippen molar-refractivity contribution >= 4 is 17.9 Å². The fourth-order valence-electron chi connectivity index (χ4n) is 2.82. The van der Waals surface area contributed by atoms with E-state index < -0.39 is 17.9 Å². The van der Waals surface area contributed by atoms with Crippen LogP contribution in [-0.2, 0) is 14.4 Å². The van der Waals surface area contributed by atoms with Crippen molar-refractivity contribution < 1.29 is 66.6 Å². The summed E-state index contributed by atoms with van der Waals surface area (Å²) in [5.41, 5.74) is 0. The Bertz CT molecular complexity index is 366. The normalized spacial score (nSPS) is 12.6. The van der Waals surface area contributed by atoms with Crippen molar-refractivity contribution in [3.05, 3.63) is 0 Å².